The molecule has 1 fully saturated rings. The van der Waals surface area contributed by atoms with Gasteiger partial charge < -0.3 is 10.6 Å². The third kappa shape index (κ3) is 5.68. The number of carbonyl (C=O) groups excluding carboxylic acids is 1. The molecule has 4 nitrogen and oxygen atoms in total. The third-order valence-electron chi connectivity index (χ3n) is 5.11. The van der Waals surface area contributed by atoms with Crippen molar-refractivity contribution in [3.63, 3.8) is 0 Å². The molecule has 2 N–H and O–H groups in total. The molecule has 2 aromatic rings. The predicted molar refractivity (Wildman–Crippen MR) is 113 cm³/mol. The van der Waals surface area contributed by atoms with Gasteiger partial charge in [-0.25, -0.2) is 0 Å². The standard InChI is InChI=1S/C24H29N3O/c1-17(2)14-23(24(28)26-13-12-25)21-5-3-4-20(15-21)19-8-6-18(7-9-19)16-27-22-10-11-22/h3-9,15,17,22-23,27H,10-11,13-14,16H2,1-2H3,(H,26,28)/t23-/m1/s1. The normalized spacial score (nSPS) is 14.5. The largest absolute Gasteiger partial charge is 0.342 e. The van der Waals surface area contributed by atoms with Gasteiger partial charge in [0.05, 0.1) is 12.0 Å². The van der Waals surface area contributed by atoms with E-state index in [0.717, 1.165) is 29.7 Å². The molecule has 4 heteroatoms. The molecule has 1 aliphatic rings. The molecule has 0 spiro atoms. The monoisotopic (exact) mass is 375 g/mol. The molecule has 0 heterocycles. The average molecular weight is 376 g/mol. The highest BCUT2D eigenvalue weighted by Gasteiger charge is 2.22. The van der Waals surface area contributed by atoms with E-state index in [4.69, 9.17) is 5.26 Å². The van der Waals surface area contributed by atoms with E-state index in [1.807, 2.05) is 18.2 Å². The highest BCUT2D eigenvalue weighted by molar-refractivity contribution is 5.84. The quantitative estimate of drug-likeness (QED) is 0.640. The number of nitriles is 1. The summed E-state index contributed by atoms with van der Waals surface area (Å²) in [6, 6.07) is 19.5. The van der Waals surface area contributed by atoms with Crippen LogP contribution in [0.1, 0.15) is 50.2 Å². The molecule has 0 radical (unpaired) electrons. The van der Waals surface area contributed by atoms with Crippen LogP contribution in [0, 0.1) is 17.2 Å². The Labute approximate surface area is 168 Å². The summed E-state index contributed by atoms with van der Waals surface area (Å²) >= 11 is 0. The Kier molecular flexibility index (Phi) is 6.84. The summed E-state index contributed by atoms with van der Waals surface area (Å²) in [6.45, 7) is 5.19. The second-order valence-electron chi connectivity index (χ2n) is 8.04. The van der Waals surface area contributed by atoms with Crippen molar-refractivity contribution in [3.8, 4) is 17.2 Å². The second-order valence-corrected chi connectivity index (χ2v) is 8.04. The molecule has 1 amide bonds. The molecule has 28 heavy (non-hydrogen) atoms. The van der Waals surface area contributed by atoms with Crippen LogP contribution < -0.4 is 10.6 Å². The van der Waals surface area contributed by atoms with Crippen molar-refractivity contribution in [2.45, 2.75) is 51.6 Å². The maximum Gasteiger partial charge on any atom is 0.228 e. The van der Waals surface area contributed by atoms with Crippen molar-refractivity contribution < 1.29 is 4.79 Å². The van der Waals surface area contributed by atoms with Gasteiger partial charge in [0, 0.05) is 12.6 Å². The van der Waals surface area contributed by atoms with E-state index >= 15 is 0 Å². The maximum absolute atomic E-state index is 12.6. The minimum atomic E-state index is -0.240. The van der Waals surface area contributed by atoms with Gasteiger partial charge in [-0.15, -0.1) is 0 Å². The first-order valence-corrected chi connectivity index (χ1v) is 10.1. The zero-order valence-electron chi connectivity index (χ0n) is 16.7. The van der Waals surface area contributed by atoms with E-state index in [9.17, 15) is 4.79 Å². The summed E-state index contributed by atoms with van der Waals surface area (Å²) in [5, 5.41) is 15.0. The van der Waals surface area contributed by atoms with Crippen molar-refractivity contribution in [3.05, 3.63) is 59.7 Å². The van der Waals surface area contributed by atoms with Crippen molar-refractivity contribution in [1.29, 1.82) is 5.26 Å². The zero-order chi connectivity index (χ0) is 19.9. The fraction of sp³-hybridized carbons (Fsp3) is 0.417. The van der Waals surface area contributed by atoms with E-state index in [-0.39, 0.29) is 18.4 Å². The molecule has 1 saturated carbocycles. The lowest BCUT2D eigenvalue weighted by Gasteiger charge is -2.19. The summed E-state index contributed by atoms with van der Waals surface area (Å²) in [4.78, 5) is 12.6. The number of rotatable bonds is 9. The number of hydrogen-bond donors (Lipinski definition) is 2. The fourth-order valence-electron chi connectivity index (χ4n) is 3.42. The lowest BCUT2D eigenvalue weighted by Crippen LogP contribution is -2.30. The van der Waals surface area contributed by atoms with E-state index in [1.54, 1.807) is 0 Å². The zero-order valence-corrected chi connectivity index (χ0v) is 16.7. The number of hydrogen-bond acceptors (Lipinski definition) is 3. The third-order valence-corrected chi connectivity index (χ3v) is 5.11. The average Bonchev–Trinajstić information content (AvgIpc) is 3.53. The second kappa shape index (κ2) is 9.52. The van der Waals surface area contributed by atoms with E-state index in [0.29, 0.717) is 12.0 Å². The van der Waals surface area contributed by atoms with Crippen LogP contribution in [0.4, 0.5) is 0 Å². The molecule has 1 atom stereocenters. The summed E-state index contributed by atoms with van der Waals surface area (Å²) in [5.41, 5.74) is 4.56. The van der Waals surface area contributed by atoms with E-state index < -0.39 is 0 Å². The lowest BCUT2D eigenvalue weighted by molar-refractivity contribution is -0.122. The van der Waals surface area contributed by atoms with Crippen LogP contribution in [0.25, 0.3) is 11.1 Å². The fourth-order valence-corrected chi connectivity index (χ4v) is 3.42. The lowest BCUT2D eigenvalue weighted by atomic mass is 9.88. The van der Waals surface area contributed by atoms with Crippen LogP contribution in [-0.4, -0.2) is 18.5 Å². The van der Waals surface area contributed by atoms with Crippen LogP contribution >= 0.6 is 0 Å². The Morgan fingerprint density at radius 1 is 1.14 bits per heavy atom. The van der Waals surface area contributed by atoms with Crippen LogP contribution in [0.15, 0.2) is 48.5 Å². The Bertz CT molecular complexity index is 832. The van der Waals surface area contributed by atoms with Gasteiger partial charge in [0.2, 0.25) is 5.91 Å². The molecule has 0 aliphatic heterocycles. The smallest absolute Gasteiger partial charge is 0.228 e. The van der Waals surface area contributed by atoms with Crippen molar-refractivity contribution in [2.24, 2.45) is 5.92 Å². The van der Waals surface area contributed by atoms with Gasteiger partial charge in [-0.2, -0.15) is 5.26 Å². The molecule has 3 rings (SSSR count). The SMILES string of the molecule is CC(C)C[C@@H](C(=O)NCC#N)c1cccc(-c2ccc(CNC3CC3)cc2)c1. The highest BCUT2D eigenvalue weighted by atomic mass is 16.1. The molecule has 0 bridgehead atoms. The predicted octanol–water partition coefficient (Wildman–Crippen LogP) is 4.38. The number of nitrogens with one attached hydrogen (secondary N) is 2. The first-order chi connectivity index (χ1) is 13.6. The Morgan fingerprint density at radius 3 is 2.54 bits per heavy atom. The Balaban J connectivity index is 1.76. The van der Waals surface area contributed by atoms with Crippen LogP contribution in [-0.2, 0) is 11.3 Å². The van der Waals surface area contributed by atoms with E-state index in [2.05, 4.69) is 60.9 Å². The van der Waals surface area contributed by atoms with Gasteiger partial charge in [-0.05, 0) is 47.4 Å². The number of amides is 1. The first kappa shape index (κ1) is 20.1. The Morgan fingerprint density at radius 2 is 1.89 bits per heavy atom. The van der Waals surface area contributed by atoms with Gasteiger partial charge in [0.15, 0.2) is 0 Å². The minimum absolute atomic E-state index is 0.0451. The molecule has 0 unspecified atom stereocenters. The molecule has 0 saturated heterocycles. The number of carbonyl (C=O) groups is 1. The number of benzene rings is 2. The van der Waals surface area contributed by atoms with Crippen LogP contribution in [0.2, 0.25) is 0 Å². The molecule has 2 aromatic carbocycles. The highest BCUT2D eigenvalue weighted by Crippen LogP contribution is 2.29. The molecular formula is C24H29N3O. The van der Waals surface area contributed by atoms with Gasteiger partial charge in [0.1, 0.15) is 6.54 Å². The molecule has 0 aromatic heterocycles. The van der Waals surface area contributed by atoms with Gasteiger partial charge >= 0.3 is 0 Å². The first-order valence-electron chi connectivity index (χ1n) is 10.1. The number of nitrogens with zero attached hydrogens (tertiary/aromatic N) is 1. The molecule has 146 valence electrons. The summed E-state index contributed by atoms with van der Waals surface area (Å²) in [5.74, 6) is 0.0731. The molecule has 1 aliphatic carbocycles. The summed E-state index contributed by atoms with van der Waals surface area (Å²) in [6.07, 6.45) is 3.35. The van der Waals surface area contributed by atoms with Gasteiger partial charge in [-0.3, -0.25) is 4.79 Å². The minimum Gasteiger partial charge on any atom is -0.342 e. The topological polar surface area (TPSA) is 64.9 Å². The van der Waals surface area contributed by atoms with Crippen molar-refractivity contribution >= 4 is 5.91 Å². The van der Waals surface area contributed by atoms with Crippen molar-refractivity contribution in [2.75, 3.05) is 6.54 Å². The van der Waals surface area contributed by atoms with Crippen LogP contribution in [0.5, 0.6) is 0 Å². The van der Waals surface area contributed by atoms with E-state index in [1.165, 1.54) is 18.4 Å². The van der Waals surface area contributed by atoms with Crippen molar-refractivity contribution in [1.82, 2.24) is 10.6 Å². The van der Waals surface area contributed by atoms with Crippen LogP contribution in [0.3, 0.4) is 0 Å². The van der Waals surface area contributed by atoms with Gasteiger partial charge in [-0.1, -0.05) is 62.4 Å². The summed E-state index contributed by atoms with van der Waals surface area (Å²) < 4.78 is 0. The Hall–Kier alpha value is -2.64. The summed E-state index contributed by atoms with van der Waals surface area (Å²) in [7, 11) is 0. The molecular weight excluding hydrogens is 346 g/mol. The maximum atomic E-state index is 12.6. The van der Waals surface area contributed by atoms with Gasteiger partial charge in [0.25, 0.3) is 0 Å².